The predicted molar refractivity (Wildman–Crippen MR) is 359 cm³/mol. The van der Waals surface area contributed by atoms with Gasteiger partial charge in [-0.3, -0.25) is 0 Å². The summed E-state index contributed by atoms with van der Waals surface area (Å²) in [5, 5.41) is 4.58. The lowest BCUT2D eigenvalue weighted by Crippen LogP contribution is -2.61. The summed E-state index contributed by atoms with van der Waals surface area (Å²) >= 11 is 0. The van der Waals surface area contributed by atoms with Crippen molar-refractivity contribution < 1.29 is 4.42 Å². The molecule has 1 aromatic heterocycles. The number of anilines is 8. The van der Waals surface area contributed by atoms with Gasteiger partial charge in [-0.05, 0) is 167 Å². The Hall–Kier alpha value is -9.06. The Morgan fingerprint density at radius 2 is 1.01 bits per heavy atom. The van der Waals surface area contributed by atoms with Crippen LogP contribution in [-0.4, -0.2) is 6.85 Å². The van der Waals surface area contributed by atoms with E-state index in [0.717, 1.165) is 78.6 Å². The molecular formula is C79H70BN3O. The van der Waals surface area contributed by atoms with E-state index in [2.05, 4.69) is 315 Å². The van der Waals surface area contributed by atoms with Crippen LogP contribution in [0.5, 0.6) is 0 Å². The molecule has 84 heavy (non-hydrogen) atoms. The monoisotopic (exact) mass is 1090 g/mol. The van der Waals surface area contributed by atoms with E-state index in [4.69, 9.17) is 4.42 Å². The van der Waals surface area contributed by atoms with Crippen LogP contribution in [0.2, 0.25) is 0 Å². The summed E-state index contributed by atoms with van der Waals surface area (Å²) in [7, 11) is 0. The highest BCUT2D eigenvalue weighted by molar-refractivity contribution is 6.94. The number of para-hydroxylation sites is 1. The van der Waals surface area contributed by atoms with Crippen LogP contribution in [0.25, 0.3) is 66.1 Å². The van der Waals surface area contributed by atoms with Crippen molar-refractivity contribution >= 4 is 96.0 Å². The third-order valence-corrected chi connectivity index (χ3v) is 18.7. The van der Waals surface area contributed by atoms with Crippen LogP contribution in [0, 0.1) is 0 Å². The summed E-state index contributed by atoms with van der Waals surface area (Å²) in [5.41, 5.74) is 26.7. The molecule has 0 bridgehead atoms. The molecule has 0 spiro atoms. The molecule has 15 rings (SSSR count). The molecule has 0 amide bonds. The normalized spacial score (nSPS) is 14.2. The van der Waals surface area contributed by atoms with Gasteiger partial charge in [-0.25, -0.2) is 0 Å². The van der Waals surface area contributed by atoms with Gasteiger partial charge in [0.1, 0.15) is 11.2 Å². The maximum Gasteiger partial charge on any atom is 0.333 e. The van der Waals surface area contributed by atoms with E-state index >= 15 is 0 Å². The van der Waals surface area contributed by atoms with Crippen molar-refractivity contribution in [2.45, 2.75) is 97.8 Å². The zero-order chi connectivity index (χ0) is 57.8. The molecule has 0 atom stereocenters. The molecule has 0 fully saturated rings. The third kappa shape index (κ3) is 8.02. The molecule has 1 aliphatic carbocycles. The van der Waals surface area contributed by atoms with Gasteiger partial charge in [0.25, 0.3) is 0 Å². The van der Waals surface area contributed by atoms with Crippen molar-refractivity contribution in [1.29, 1.82) is 0 Å². The van der Waals surface area contributed by atoms with Crippen molar-refractivity contribution in [3.8, 4) is 33.4 Å². The maximum atomic E-state index is 7.29. The molecule has 0 N–H and O–H groups in total. The first-order chi connectivity index (χ1) is 40.3. The largest absolute Gasteiger partial charge is 0.455 e. The lowest BCUT2D eigenvalue weighted by Gasteiger charge is -2.46. The molecule has 2 aliphatic heterocycles. The molecule has 410 valence electrons. The van der Waals surface area contributed by atoms with E-state index in [1.807, 2.05) is 0 Å². The van der Waals surface area contributed by atoms with Crippen molar-refractivity contribution in [2.75, 3.05) is 14.6 Å². The van der Waals surface area contributed by atoms with E-state index in [1.54, 1.807) is 0 Å². The maximum absolute atomic E-state index is 7.29. The second-order valence-corrected chi connectivity index (χ2v) is 27.4. The van der Waals surface area contributed by atoms with Crippen LogP contribution in [0.1, 0.15) is 104 Å². The Bertz CT molecular complexity index is 4590. The molecular weight excluding hydrogens is 1020 g/mol. The number of benzene rings is 11. The Kier molecular flexibility index (Phi) is 11.4. The van der Waals surface area contributed by atoms with Crippen LogP contribution < -0.4 is 25.5 Å². The molecule has 12 aromatic rings. The molecule has 0 radical (unpaired) electrons. The first-order valence-corrected chi connectivity index (χ1v) is 30.0. The first kappa shape index (κ1) is 51.8. The fourth-order valence-electron chi connectivity index (χ4n) is 14.1. The van der Waals surface area contributed by atoms with Gasteiger partial charge in [-0.1, -0.05) is 216 Å². The molecule has 3 heterocycles. The minimum Gasteiger partial charge on any atom is -0.455 e. The fourth-order valence-corrected chi connectivity index (χ4v) is 14.1. The number of hydrogen-bond acceptors (Lipinski definition) is 4. The molecule has 0 saturated heterocycles. The van der Waals surface area contributed by atoms with Gasteiger partial charge in [0.2, 0.25) is 0 Å². The number of hydrogen-bond donors (Lipinski definition) is 0. The highest BCUT2D eigenvalue weighted by Crippen LogP contribution is 2.56. The number of fused-ring (bicyclic) bond motifs is 12. The lowest BCUT2D eigenvalue weighted by molar-refractivity contribution is 0.590. The van der Waals surface area contributed by atoms with Crippen LogP contribution in [0.15, 0.2) is 229 Å². The third-order valence-electron chi connectivity index (χ3n) is 18.7. The van der Waals surface area contributed by atoms with Gasteiger partial charge in [-0.15, -0.1) is 0 Å². The van der Waals surface area contributed by atoms with E-state index in [-0.39, 0.29) is 28.5 Å². The van der Waals surface area contributed by atoms with Gasteiger partial charge >= 0.3 is 6.85 Å². The lowest BCUT2D eigenvalue weighted by atomic mass is 9.43. The zero-order valence-electron chi connectivity index (χ0n) is 50.2. The predicted octanol–water partition coefficient (Wildman–Crippen LogP) is 20.8. The second-order valence-electron chi connectivity index (χ2n) is 27.4. The van der Waals surface area contributed by atoms with Crippen LogP contribution in [0.4, 0.5) is 45.5 Å². The van der Waals surface area contributed by atoms with Crippen LogP contribution in [0.3, 0.4) is 0 Å². The van der Waals surface area contributed by atoms with Gasteiger partial charge in [0.15, 0.2) is 0 Å². The van der Waals surface area contributed by atoms with E-state index in [0.29, 0.717) is 0 Å². The summed E-state index contributed by atoms with van der Waals surface area (Å²) < 4.78 is 7.29. The SMILES string of the molecule is CC(C)(C)c1ccc(N(c2ccc(C(C)(C)C)cc2)c2ccc3c(c2)N(c2ccc(C(C)(C)C)cc2-c2ccccc2)c2cc4c(oc5ccccc54)c4c2B3N(c2ccc3c(c2)C(C)(C)c2ccccc2-3)c2cc3ccccc3cc2-4)cc1. The van der Waals surface area contributed by atoms with Crippen molar-refractivity contribution in [1.82, 2.24) is 0 Å². The topological polar surface area (TPSA) is 22.9 Å². The second kappa shape index (κ2) is 18.5. The highest BCUT2D eigenvalue weighted by atomic mass is 16.3. The summed E-state index contributed by atoms with van der Waals surface area (Å²) in [5.74, 6) is 0. The number of rotatable bonds is 6. The van der Waals surface area contributed by atoms with Gasteiger partial charge in [0, 0.05) is 72.7 Å². The summed E-state index contributed by atoms with van der Waals surface area (Å²) in [6.07, 6.45) is 0. The van der Waals surface area contributed by atoms with Gasteiger partial charge in [-0.2, -0.15) is 0 Å². The average molecular weight is 1090 g/mol. The zero-order valence-corrected chi connectivity index (χ0v) is 50.2. The summed E-state index contributed by atoms with van der Waals surface area (Å²) in [6.45, 7) is 25.2. The number of furan rings is 1. The Morgan fingerprint density at radius 1 is 0.417 bits per heavy atom. The van der Waals surface area contributed by atoms with E-state index < -0.39 is 0 Å². The van der Waals surface area contributed by atoms with Crippen LogP contribution in [-0.2, 0) is 21.7 Å². The molecule has 4 nitrogen and oxygen atoms in total. The Labute approximate surface area is 495 Å². The summed E-state index contributed by atoms with van der Waals surface area (Å²) in [4.78, 5) is 7.78. The molecule has 0 unspecified atom stereocenters. The van der Waals surface area contributed by atoms with Crippen molar-refractivity contribution in [3.63, 3.8) is 0 Å². The summed E-state index contributed by atoms with van der Waals surface area (Å²) in [6, 6.07) is 85.2. The van der Waals surface area contributed by atoms with E-state index in [1.165, 1.54) is 71.8 Å². The van der Waals surface area contributed by atoms with Gasteiger partial charge < -0.3 is 19.0 Å². The minimum absolute atomic E-state index is 0.00362. The standard InChI is InChI=1S/C79H70BN3O/c1-76(2,3)52-29-34-55(35-30-52)81(56-36-31-53(32-37-56)77(4,5)6)57-39-41-67-70(47-57)82(68-42-33-54(78(7,8)9)45-62(68)49-21-13-12-14-22-49)71-48-63-61-26-18-20-28-72(61)84-75(63)73-64-43-50-23-15-16-24-51(50)44-69(64)83(80(67)74(71)73)58-38-40-60-59-25-17-19-27-65(59)79(10,11)66(60)46-58/h12-48H,1-11H3. The molecule has 5 heteroatoms. The highest BCUT2D eigenvalue weighted by Gasteiger charge is 2.48. The molecule has 11 aromatic carbocycles. The fraction of sp³-hybridized carbons (Fsp3) is 0.190. The van der Waals surface area contributed by atoms with Crippen molar-refractivity contribution in [3.05, 3.63) is 252 Å². The Morgan fingerprint density at radius 3 is 1.70 bits per heavy atom. The van der Waals surface area contributed by atoms with Gasteiger partial charge in [0.05, 0.1) is 5.69 Å². The molecule has 3 aliphatic rings. The minimum atomic E-state index is -0.286. The van der Waals surface area contributed by atoms with Crippen LogP contribution >= 0.6 is 0 Å². The average Bonchev–Trinajstić information content (AvgIpc) is 1.49. The number of nitrogens with zero attached hydrogens (tertiary/aromatic N) is 3. The first-order valence-electron chi connectivity index (χ1n) is 30.0. The Balaban J connectivity index is 1.08. The quantitative estimate of drug-likeness (QED) is 0.155. The smallest absolute Gasteiger partial charge is 0.333 e. The van der Waals surface area contributed by atoms with Crippen molar-refractivity contribution in [2.24, 2.45) is 0 Å². The molecule has 0 saturated carbocycles. The van der Waals surface area contributed by atoms with E-state index in [9.17, 15) is 0 Å².